The van der Waals surface area contributed by atoms with Gasteiger partial charge in [0, 0.05) is 23.0 Å². The maximum Gasteiger partial charge on any atom is 0.255 e. The number of hydrogen-bond acceptors (Lipinski definition) is 2. The van der Waals surface area contributed by atoms with Gasteiger partial charge in [0.1, 0.15) is 11.6 Å². The summed E-state index contributed by atoms with van der Waals surface area (Å²) in [6.07, 6.45) is 0. The van der Waals surface area contributed by atoms with Crippen LogP contribution in [0.25, 0.3) is 0 Å². The molecule has 0 aliphatic carbocycles. The van der Waals surface area contributed by atoms with E-state index in [4.69, 9.17) is 5.73 Å². The summed E-state index contributed by atoms with van der Waals surface area (Å²) in [4.78, 5) is 12.0. The first-order valence-electron chi connectivity index (χ1n) is 6.01. The third kappa shape index (κ3) is 2.93. The molecule has 1 amide bonds. The highest BCUT2D eigenvalue weighted by Gasteiger charge is 2.12. The molecule has 0 saturated carbocycles. The standard InChI is InChI=1S/C15H14F2N2O/c1-8-3-13(18)4-9(2)14(8)19-15(20)10-5-11(16)7-12(17)6-10/h3-7H,18H2,1-2H3,(H,19,20). The van der Waals surface area contributed by atoms with Gasteiger partial charge in [-0.25, -0.2) is 8.78 Å². The quantitative estimate of drug-likeness (QED) is 0.826. The van der Waals surface area contributed by atoms with E-state index in [1.165, 1.54) is 0 Å². The van der Waals surface area contributed by atoms with Crippen LogP contribution in [0, 0.1) is 25.5 Å². The van der Waals surface area contributed by atoms with E-state index < -0.39 is 17.5 Å². The first kappa shape index (κ1) is 14.0. The zero-order valence-electron chi connectivity index (χ0n) is 11.1. The van der Waals surface area contributed by atoms with Gasteiger partial charge in [0.05, 0.1) is 0 Å². The number of nitrogen functional groups attached to an aromatic ring is 1. The number of carbonyl (C=O) groups excluding carboxylic acids is 1. The van der Waals surface area contributed by atoms with E-state index in [0.717, 1.165) is 29.3 Å². The Hall–Kier alpha value is -2.43. The van der Waals surface area contributed by atoms with Crippen LogP contribution in [0.4, 0.5) is 20.2 Å². The minimum Gasteiger partial charge on any atom is -0.399 e. The summed E-state index contributed by atoms with van der Waals surface area (Å²) in [7, 11) is 0. The first-order chi connectivity index (χ1) is 9.36. The SMILES string of the molecule is Cc1cc(N)cc(C)c1NC(=O)c1cc(F)cc(F)c1. The second-order valence-electron chi connectivity index (χ2n) is 4.64. The van der Waals surface area contributed by atoms with Crippen LogP contribution < -0.4 is 11.1 Å². The van der Waals surface area contributed by atoms with Gasteiger partial charge in [-0.1, -0.05) is 0 Å². The molecule has 20 heavy (non-hydrogen) atoms. The van der Waals surface area contributed by atoms with Crippen molar-refractivity contribution >= 4 is 17.3 Å². The van der Waals surface area contributed by atoms with E-state index in [2.05, 4.69) is 5.32 Å². The number of benzene rings is 2. The molecule has 2 aromatic carbocycles. The zero-order valence-corrected chi connectivity index (χ0v) is 11.1. The van der Waals surface area contributed by atoms with Crippen molar-refractivity contribution in [1.29, 1.82) is 0 Å². The molecule has 0 radical (unpaired) electrons. The summed E-state index contributed by atoms with van der Waals surface area (Å²) in [6.45, 7) is 3.59. The molecule has 2 rings (SSSR count). The number of aryl methyl sites for hydroxylation is 2. The Morgan fingerprint density at radius 3 is 2.00 bits per heavy atom. The lowest BCUT2D eigenvalue weighted by molar-refractivity contribution is 0.102. The summed E-state index contributed by atoms with van der Waals surface area (Å²) >= 11 is 0. The van der Waals surface area contributed by atoms with E-state index in [9.17, 15) is 13.6 Å². The van der Waals surface area contributed by atoms with Gasteiger partial charge in [-0.15, -0.1) is 0 Å². The second-order valence-corrected chi connectivity index (χ2v) is 4.64. The van der Waals surface area contributed by atoms with E-state index in [0.29, 0.717) is 11.4 Å². The largest absolute Gasteiger partial charge is 0.399 e. The van der Waals surface area contributed by atoms with Gasteiger partial charge in [0.15, 0.2) is 0 Å². The van der Waals surface area contributed by atoms with Crippen molar-refractivity contribution in [2.45, 2.75) is 13.8 Å². The van der Waals surface area contributed by atoms with E-state index in [-0.39, 0.29) is 5.56 Å². The van der Waals surface area contributed by atoms with Gasteiger partial charge in [-0.2, -0.15) is 0 Å². The number of anilines is 2. The van der Waals surface area contributed by atoms with Crippen molar-refractivity contribution in [3.63, 3.8) is 0 Å². The van der Waals surface area contributed by atoms with Gasteiger partial charge >= 0.3 is 0 Å². The lowest BCUT2D eigenvalue weighted by Crippen LogP contribution is -2.14. The molecule has 0 heterocycles. The number of hydrogen-bond donors (Lipinski definition) is 2. The fraction of sp³-hybridized carbons (Fsp3) is 0.133. The molecule has 0 unspecified atom stereocenters. The average Bonchev–Trinajstić information content (AvgIpc) is 2.32. The minimum absolute atomic E-state index is 0.0712. The first-order valence-corrected chi connectivity index (χ1v) is 6.01. The van der Waals surface area contributed by atoms with E-state index in [1.54, 1.807) is 26.0 Å². The molecule has 0 saturated heterocycles. The number of amides is 1. The maximum atomic E-state index is 13.1. The van der Waals surface area contributed by atoms with Crippen LogP contribution in [-0.4, -0.2) is 5.91 Å². The number of halogens is 2. The molecule has 0 bridgehead atoms. The Morgan fingerprint density at radius 1 is 1.00 bits per heavy atom. The highest BCUT2D eigenvalue weighted by atomic mass is 19.1. The van der Waals surface area contributed by atoms with Crippen LogP contribution in [0.1, 0.15) is 21.5 Å². The Kier molecular flexibility index (Phi) is 3.70. The predicted octanol–water partition coefficient (Wildman–Crippen LogP) is 3.42. The highest BCUT2D eigenvalue weighted by Crippen LogP contribution is 2.24. The number of rotatable bonds is 2. The van der Waals surface area contributed by atoms with Gasteiger partial charge in [0.25, 0.3) is 5.91 Å². The molecular weight excluding hydrogens is 262 g/mol. The van der Waals surface area contributed by atoms with Gasteiger partial charge < -0.3 is 11.1 Å². The van der Waals surface area contributed by atoms with E-state index in [1.807, 2.05) is 0 Å². The molecule has 3 N–H and O–H groups in total. The molecule has 104 valence electrons. The van der Waals surface area contributed by atoms with Crippen molar-refractivity contribution in [3.05, 3.63) is 58.7 Å². The summed E-state index contributed by atoms with van der Waals surface area (Å²) in [5.74, 6) is -2.15. The van der Waals surface area contributed by atoms with Crippen molar-refractivity contribution in [1.82, 2.24) is 0 Å². The summed E-state index contributed by atoms with van der Waals surface area (Å²) in [5, 5.41) is 2.65. The van der Waals surface area contributed by atoms with Crippen molar-refractivity contribution < 1.29 is 13.6 Å². The molecule has 0 spiro atoms. The zero-order chi connectivity index (χ0) is 14.9. The van der Waals surface area contributed by atoms with E-state index >= 15 is 0 Å². The summed E-state index contributed by atoms with van der Waals surface area (Å²) < 4.78 is 26.2. The molecular formula is C15H14F2N2O. The molecule has 0 atom stereocenters. The molecule has 2 aromatic rings. The Labute approximate surface area is 115 Å². The minimum atomic E-state index is -0.791. The van der Waals surface area contributed by atoms with Crippen molar-refractivity contribution in [2.75, 3.05) is 11.1 Å². The third-order valence-corrected chi connectivity index (χ3v) is 2.92. The second kappa shape index (κ2) is 5.28. The molecule has 0 aliphatic heterocycles. The monoisotopic (exact) mass is 276 g/mol. The van der Waals surface area contributed by atoms with Crippen LogP contribution in [0.3, 0.4) is 0 Å². The Morgan fingerprint density at radius 2 is 1.50 bits per heavy atom. The normalized spacial score (nSPS) is 10.4. The number of nitrogens with one attached hydrogen (secondary N) is 1. The van der Waals surface area contributed by atoms with Crippen LogP contribution in [0.5, 0.6) is 0 Å². The average molecular weight is 276 g/mol. The van der Waals surface area contributed by atoms with Crippen molar-refractivity contribution in [3.8, 4) is 0 Å². The van der Waals surface area contributed by atoms with Crippen LogP contribution in [-0.2, 0) is 0 Å². The summed E-state index contributed by atoms with van der Waals surface area (Å²) in [6, 6.07) is 6.13. The van der Waals surface area contributed by atoms with Crippen molar-refractivity contribution in [2.24, 2.45) is 0 Å². The number of carbonyl (C=O) groups is 1. The van der Waals surface area contributed by atoms with Crippen LogP contribution >= 0.6 is 0 Å². The molecule has 0 aliphatic rings. The lowest BCUT2D eigenvalue weighted by atomic mass is 10.1. The van der Waals surface area contributed by atoms with Crippen LogP contribution in [0.15, 0.2) is 30.3 Å². The van der Waals surface area contributed by atoms with Crippen LogP contribution in [0.2, 0.25) is 0 Å². The van der Waals surface area contributed by atoms with Gasteiger partial charge in [0.2, 0.25) is 0 Å². The van der Waals surface area contributed by atoms with Gasteiger partial charge in [-0.05, 0) is 49.2 Å². The van der Waals surface area contributed by atoms with Gasteiger partial charge in [-0.3, -0.25) is 4.79 Å². The Balaban J connectivity index is 2.32. The number of nitrogens with two attached hydrogens (primary N) is 1. The summed E-state index contributed by atoms with van der Waals surface area (Å²) in [5.41, 5.74) is 8.38. The molecule has 0 fully saturated rings. The lowest BCUT2D eigenvalue weighted by Gasteiger charge is -2.12. The fourth-order valence-electron chi connectivity index (χ4n) is 2.06. The fourth-order valence-corrected chi connectivity index (χ4v) is 2.06. The molecule has 3 nitrogen and oxygen atoms in total. The maximum absolute atomic E-state index is 13.1. The molecule has 0 aromatic heterocycles. The third-order valence-electron chi connectivity index (χ3n) is 2.92. The topological polar surface area (TPSA) is 55.1 Å². The molecule has 5 heteroatoms. The predicted molar refractivity (Wildman–Crippen MR) is 74.6 cm³/mol. The smallest absolute Gasteiger partial charge is 0.255 e. The Bertz CT molecular complexity index is 640. The highest BCUT2D eigenvalue weighted by molar-refractivity contribution is 6.05.